The Labute approximate surface area is 161 Å². The summed E-state index contributed by atoms with van der Waals surface area (Å²) >= 11 is 1.39. The first kappa shape index (κ1) is 16.7. The number of fused-ring (bicyclic) bond motifs is 2. The van der Waals surface area contributed by atoms with Crippen LogP contribution in [-0.4, -0.2) is 33.3 Å². The van der Waals surface area contributed by atoms with E-state index in [2.05, 4.69) is 29.2 Å². The molecule has 2 aromatic heterocycles. The maximum Gasteiger partial charge on any atom is 0.271 e. The second-order valence-electron chi connectivity index (χ2n) is 7.77. The van der Waals surface area contributed by atoms with Crippen LogP contribution in [0.1, 0.15) is 40.7 Å². The maximum atomic E-state index is 12.9. The Hall–Kier alpha value is -2.47. The number of thiazole rings is 1. The molecule has 5 rings (SSSR count). The van der Waals surface area contributed by atoms with Crippen LogP contribution < -0.4 is 5.56 Å². The molecule has 27 heavy (non-hydrogen) atoms. The summed E-state index contributed by atoms with van der Waals surface area (Å²) in [6.45, 7) is 1.43. The number of nitrogens with zero attached hydrogens (tertiary/aromatic N) is 3. The van der Waals surface area contributed by atoms with Gasteiger partial charge in [0.25, 0.3) is 11.5 Å². The third kappa shape index (κ3) is 2.79. The first-order chi connectivity index (χ1) is 13.2. The Morgan fingerprint density at radius 2 is 1.89 bits per heavy atom. The Morgan fingerprint density at radius 1 is 1.11 bits per heavy atom. The van der Waals surface area contributed by atoms with Crippen molar-refractivity contribution in [3.63, 3.8) is 0 Å². The molecule has 1 spiro atoms. The molecule has 6 heteroatoms. The molecule has 5 nitrogen and oxygen atoms in total. The molecule has 138 valence electrons. The fourth-order valence-electron chi connectivity index (χ4n) is 4.62. The van der Waals surface area contributed by atoms with Crippen molar-refractivity contribution in [1.29, 1.82) is 0 Å². The van der Waals surface area contributed by atoms with Gasteiger partial charge in [-0.2, -0.15) is 0 Å². The number of benzene rings is 1. The van der Waals surface area contributed by atoms with Crippen molar-refractivity contribution >= 4 is 22.2 Å². The van der Waals surface area contributed by atoms with E-state index in [1.165, 1.54) is 39.5 Å². The number of rotatable bonds is 1. The molecular formula is C21H21N3O2S. The van der Waals surface area contributed by atoms with Crippen LogP contribution in [0.5, 0.6) is 0 Å². The van der Waals surface area contributed by atoms with E-state index in [0.717, 1.165) is 25.7 Å². The number of likely N-dealkylation sites (tertiary alicyclic amines) is 1. The Balaban J connectivity index is 1.34. The van der Waals surface area contributed by atoms with Gasteiger partial charge in [-0.15, -0.1) is 11.3 Å². The van der Waals surface area contributed by atoms with Gasteiger partial charge in [-0.1, -0.05) is 24.3 Å². The summed E-state index contributed by atoms with van der Waals surface area (Å²) in [5.41, 5.74) is 3.16. The van der Waals surface area contributed by atoms with Gasteiger partial charge in [0.2, 0.25) is 0 Å². The highest BCUT2D eigenvalue weighted by molar-refractivity contribution is 7.15. The first-order valence-corrected chi connectivity index (χ1v) is 10.3. The molecule has 0 bridgehead atoms. The summed E-state index contributed by atoms with van der Waals surface area (Å²) in [5, 5.41) is 1.81. The summed E-state index contributed by atoms with van der Waals surface area (Å²) in [4.78, 5) is 32.2. The van der Waals surface area contributed by atoms with Crippen LogP contribution in [-0.2, 0) is 12.8 Å². The third-order valence-corrected chi connectivity index (χ3v) is 7.06. The second kappa shape index (κ2) is 6.30. The summed E-state index contributed by atoms with van der Waals surface area (Å²) in [6.07, 6.45) is 8.55. The molecule has 0 radical (unpaired) electrons. The van der Waals surface area contributed by atoms with Gasteiger partial charge in [0.15, 0.2) is 4.96 Å². The number of piperidine rings is 1. The van der Waals surface area contributed by atoms with Crippen LogP contribution in [0, 0.1) is 5.41 Å². The number of carbonyl (C=O) groups excluding carboxylic acids is 1. The highest BCUT2D eigenvalue weighted by Gasteiger charge is 2.38. The Kier molecular flexibility index (Phi) is 3.90. The predicted molar refractivity (Wildman–Crippen MR) is 105 cm³/mol. The van der Waals surface area contributed by atoms with Crippen molar-refractivity contribution in [3.05, 3.63) is 69.1 Å². The average Bonchev–Trinajstić information content (AvgIpc) is 3.18. The lowest BCUT2D eigenvalue weighted by molar-refractivity contribution is 0.0542. The average molecular weight is 379 g/mol. The van der Waals surface area contributed by atoms with Gasteiger partial charge >= 0.3 is 0 Å². The van der Waals surface area contributed by atoms with Crippen molar-refractivity contribution in [2.45, 2.75) is 32.1 Å². The van der Waals surface area contributed by atoms with Crippen LogP contribution in [0.4, 0.5) is 0 Å². The zero-order chi connectivity index (χ0) is 18.4. The van der Waals surface area contributed by atoms with Gasteiger partial charge in [-0.25, -0.2) is 4.98 Å². The zero-order valence-electron chi connectivity index (χ0n) is 15.1. The second-order valence-corrected chi connectivity index (χ2v) is 8.64. The van der Waals surface area contributed by atoms with Gasteiger partial charge < -0.3 is 4.90 Å². The number of hydrogen-bond acceptors (Lipinski definition) is 4. The Morgan fingerprint density at radius 3 is 2.70 bits per heavy atom. The summed E-state index contributed by atoms with van der Waals surface area (Å²) in [6, 6.07) is 8.73. The van der Waals surface area contributed by atoms with Gasteiger partial charge in [0, 0.05) is 30.9 Å². The maximum absolute atomic E-state index is 12.9. The monoisotopic (exact) mass is 379 g/mol. The smallest absolute Gasteiger partial charge is 0.271 e. The molecular weight excluding hydrogens is 358 g/mol. The van der Waals surface area contributed by atoms with Crippen molar-refractivity contribution in [3.8, 4) is 0 Å². The van der Waals surface area contributed by atoms with Crippen LogP contribution >= 0.6 is 11.3 Å². The fraction of sp³-hybridized carbons (Fsp3) is 0.381. The van der Waals surface area contributed by atoms with Crippen molar-refractivity contribution in [1.82, 2.24) is 14.3 Å². The molecule has 2 aliphatic rings. The van der Waals surface area contributed by atoms with Gasteiger partial charge in [-0.05, 0) is 48.6 Å². The summed E-state index contributed by atoms with van der Waals surface area (Å²) < 4.78 is 1.46. The Bertz CT molecular complexity index is 1080. The van der Waals surface area contributed by atoms with Gasteiger partial charge in [0.05, 0.1) is 0 Å². The highest BCUT2D eigenvalue weighted by Crippen LogP contribution is 2.43. The lowest BCUT2D eigenvalue weighted by atomic mass is 9.66. The minimum atomic E-state index is -0.266. The van der Waals surface area contributed by atoms with Crippen molar-refractivity contribution < 1.29 is 4.79 Å². The normalized spacial score (nSPS) is 18.6. The molecule has 1 aliphatic heterocycles. The molecule has 0 N–H and O–H groups in total. The van der Waals surface area contributed by atoms with Crippen LogP contribution in [0.25, 0.3) is 4.96 Å². The van der Waals surface area contributed by atoms with Crippen LogP contribution in [0.3, 0.4) is 0 Å². The largest absolute Gasteiger partial charge is 0.338 e. The molecule has 3 aromatic rings. The predicted octanol–water partition coefficient (Wildman–Crippen LogP) is 3.17. The van der Waals surface area contributed by atoms with Crippen molar-refractivity contribution in [2.24, 2.45) is 5.41 Å². The zero-order valence-corrected chi connectivity index (χ0v) is 15.9. The van der Waals surface area contributed by atoms with Gasteiger partial charge in [0.1, 0.15) is 5.56 Å². The fourth-order valence-corrected chi connectivity index (χ4v) is 5.29. The van der Waals surface area contributed by atoms with E-state index in [-0.39, 0.29) is 17.0 Å². The van der Waals surface area contributed by atoms with E-state index in [0.29, 0.717) is 23.5 Å². The lowest BCUT2D eigenvalue weighted by Gasteiger charge is -2.44. The van der Waals surface area contributed by atoms with Crippen LogP contribution in [0.15, 0.2) is 46.8 Å². The van der Waals surface area contributed by atoms with E-state index >= 15 is 0 Å². The lowest BCUT2D eigenvalue weighted by Crippen LogP contribution is -2.46. The SMILES string of the molecule is O=C(c1cnc2sccn2c1=O)N1CCC2(CCc3ccccc3C2)CC1. The quantitative estimate of drug-likeness (QED) is 0.653. The topological polar surface area (TPSA) is 54.7 Å². The number of carbonyl (C=O) groups is 1. The number of amides is 1. The molecule has 3 heterocycles. The molecule has 1 amide bonds. The molecule has 0 unspecified atom stereocenters. The molecule has 1 aromatic carbocycles. The highest BCUT2D eigenvalue weighted by atomic mass is 32.1. The van der Waals surface area contributed by atoms with Crippen LogP contribution in [0.2, 0.25) is 0 Å². The molecule has 1 aliphatic carbocycles. The number of hydrogen-bond donors (Lipinski definition) is 0. The number of aryl methyl sites for hydroxylation is 1. The minimum absolute atomic E-state index is 0.177. The van der Waals surface area contributed by atoms with E-state index in [4.69, 9.17) is 0 Å². The van der Waals surface area contributed by atoms with E-state index < -0.39 is 0 Å². The molecule has 1 saturated heterocycles. The van der Waals surface area contributed by atoms with E-state index in [9.17, 15) is 9.59 Å². The number of aromatic nitrogens is 2. The molecule has 1 fully saturated rings. The molecule has 0 atom stereocenters. The summed E-state index contributed by atoms with van der Waals surface area (Å²) in [5.74, 6) is -0.181. The van der Waals surface area contributed by atoms with Gasteiger partial charge in [-0.3, -0.25) is 14.0 Å². The summed E-state index contributed by atoms with van der Waals surface area (Å²) in [7, 11) is 0. The first-order valence-electron chi connectivity index (χ1n) is 9.46. The van der Waals surface area contributed by atoms with E-state index in [1.54, 1.807) is 6.20 Å². The van der Waals surface area contributed by atoms with E-state index in [1.807, 2.05) is 10.3 Å². The minimum Gasteiger partial charge on any atom is -0.338 e. The standard InChI is InChI=1S/C21H21N3O2S/c25-18(17-14-22-20-24(19(17)26)11-12-27-20)23-9-7-21(8-10-23)6-5-15-3-1-2-4-16(15)13-21/h1-4,11-12,14H,5-10,13H2. The molecule has 0 saturated carbocycles. The third-order valence-electron chi connectivity index (χ3n) is 6.29. The van der Waals surface area contributed by atoms with Crippen molar-refractivity contribution in [2.75, 3.05) is 13.1 Å².